The van der Waals surface area contributed by atoms with Gasteiger partial charge in [0.25, 0.3) is 0 Å². The minimum absolute atomic E-state index is 0.0377. The molecule has 1 rings (SSSR count). The molecule has 1 aliphatic rings. The summed E-state index contributed by atoms with van der Waals surface area (Å²) in [5.74, 6) is -1.51. The number of hydrogen-bond donors (Lipinski definition) is 2. The number of aliphatic hydroxyl groups excluding tert-OH is 2. The fraction of sp³-hybridized carbons (Fsp3) is 0.667. The smallest absolute Gasteiger partial charge is 0.338 e. The first-order valence-corrected chi connectivity index (χ1v) is 3.18. The Morgan fingerprint density at radius 2 is 1.91 bits per heavy atom. The van der Waals surface area contributed by atoms with Gasteiger partial charge in [0.2, 0.25) is 0 Å². The lowest BCUT2D eigenvalue weighted by Gasteiger charge is -2.08. The Morgan fingerprint density at radius 3 is 2.55 bits per heavy atom. The number of Topliss-reactive ketones (excluding diaryl/α,β-unsaturated/α-hetero) is 1. The molecule has 1 saturated heterocycles. The Labute approximate surface area is 62.6 Å². The van der Waals surface area contributed by atoms with E-state index >= 15 is 0 Å². The van der Waals surface area contributed by atoms with Gasteiger partial charge in [-0.05, 0) is 0 Å². The number of cyclic esters (lactones) is 1. The maximum absolute atomic E-state index is 10.7. The molecule has 5 heteroatoms. The van der Waals surface area contributed by atoms with Crippen LogP contribution in [0.15, 0.2) is 0 Å². The van der Waals surface area contributed by atoms with E-state index in [-0.39, 0.29) is 13.0 Å². The molecular formula is C6H8O5. The molecule has 0 spiro atoms. The van der Waals surface area contributed by atoms with Crippen LogP contribution in [0.25, 0.3) is 0 Å². The van der Waals surface area contributed by atoms with Crippen LogP contribution in [0.5, 0.6) is 0 Å². The highest BCUT2D eigenvalue weighted by molar-refractivity contribution is 5.91. The number of carbonyl (C=O) groups is 2. The van der Waals surface area contributed by atoms with Crippen molar-refractivity contribution in [3.8, 4) is 0 Å². The Balaban J connectivity index is 2.73. The molecule has 0 saturated carbocycles. The van der Waals surface area contributed by atoms with Gasteiger partial charge in [0.15, 0.2) is 11.9 Å². The summed E-state index contributed by atoms with van der Waals surface area (Å²) >= 11 is 0. The zero-order valence-electron chi connectivity index (χ0n) is 5.69. The van der Waals surface area contributed by atoms with Crippen LogP contribution < -0.4 is 0 Å². The maximum Gasteiger partial charge on any atom is 0.338 e. The number of ether oxygens (including phenoxy) is 1. The number of esters is 1. The van der Waals surface area contributed by atoms with Gasteiger partial charge in [0, 0.05) is 6.42 Å². The van der Waals surface area contributed by atoms with Gasteiger partial charge < -0.3 is 14.9 Å². The van der Waals surface area contributed by atoms with Crippen LogP contribution in [-0.2, 0) is 14.3 Å². The molecule has 0 aromatic rings. The van der Waals surface area contributed by atoms with E-state index in [2.05, 4.69) is 4.74 Å². The van der Waals surface area contributed by atoms with Gasteiger partial charge in [-0.25, -0.2) is 4.79 Å². The minimum atomic E-state index is -1.72. The topological polar surface area (TPSA) is 83.8 Å². The molecule has 0 aromatic carbocycles. The molecule has 62 valence electrons. The summed E-state index contributed by atoms with van der Waals surface area (Å²) in [6.45, 7) is -0.0637. The summed E-state index contributed by atoms with van der Waals surface area (Å²) < 4.78 is 4.39. The number of hydrogen-bond acceptors (Lipinski definition) is 5. The highest BCUT2D eigenvalue weighted by atomic mass is 16.5. The van der Waals surface area contributed by atoms with Gasteiger partial charge in [-0.2, -0.15) is 0 Å². The third-order valence-electron chi connectivity index (χ3n) is 1.46. The van der Waals surface area contributed by atoms with Crippen molar-refractivity contribution in [1.82, 2.24) is 0 Å². The first-order chi connectivity index (χ1) is 5.13. The second-order valence-corrected chi connectivity index (χ2v) is 2.27. The maximum atomic E-state index is 10.7. The Morgan fingerprint density at radius 1 is 1.27 bits per heavy atom. The SMILES string of the molecule is O=C1CCOC(=O)C(O)C1O. The molecule has 0 bridgehead atoms. The molecule has 0 aliphatic carbocycles. The molecule has 0 aromatic heterocycles. The Kier molecular flexibility index (Phi) is 2.21. The van der Waals surface area contributed by atoms with Crippen molar-refractivity contribution in [2.45, 2.75) is 18.6 Å². The summed E-state index contributed by atoms with van der Waals surface area (Å²) in [4.78, 5) is 21.3. The van der Waals surface area contributed by atoms with E-state index in [0.29, 0.717) is 0 Å². The highest BCUT2D eigenvalue weighted by Crippen LogP contribution is 2.06. The standard InChI is InChI=1S/C6H8O5/c7-3-1-2-11-6(10)5(9)4(3)8/h4-5,8-9H,1-2H2. The van der Waals surface area contributed by atoms with E-state index in [1.165, 1.54) is 0 Å². The zero-order chi connectivity index (χ0) is 8.43. The highest BCUT2D eigenvalue weighted by Gasteiger charge is 2.33. The largest absolute Gasteiger partial charge is 0.463 e. The number of carbonyl (C=O) groups excluding carboxylic acids is 2. The predicted octanol–water partition coefficient (Wildman–Crippen LogP) is -1.78. The van der Waals surface area contributed by atoms with Gasteiger partial charge in [0.1, 0.15) is 6.10 Å². The number of rotatable bonds is 0. The van der Waals surface area contributed by atoms with Crippen LogP contribution in [0.1, 0.15) is 6.42 Å². The van der Waals surface area contributed by atoms with Crippen molar-refractivity contribution in [2.75, 3.05) is 6.61 Å². The van der Waals surface area contributed by atoms with Crippen molar-refractivity contribution in [2.24, 2.45) is 0 Å². The molecular weight excluding hydrogens is 152 g/mol. The monoisotopic (exact) mass is 160 g/mol. The lowest BCUT2D eigenvalue weighted by atomic mass is 10.1. The molecule has 2 unspecified atom stereocenters. The lowest BCUT2D eigenvalue weighted by Crippen LogP contribution is -2.37. The molecule has 11 heavy (non-hydrogen) atoms. The van der Waals surface area contributed by atoms with Crippen LogP contribution in [0.4, 0.5) is 0 Å². The molecule has 1 heterocycles. The average molecular weight is 160 g/mol. The number of ketones is 1. The van der Waals surface area contributed by atoms with Crippen molar-refractivity contribution in [1.29, 1.82) is 0 Å². The molecule has 0 amide bonds. The average Bonchev–Trinajstić information content (AvgIpc) is 2.07. The van der Waals surface area contributed by atoms with Crippen molar-refractivity contribution >= 4 is 11.8 Å². The molecule has 5 nitrogen and oxygen atoms in total. The normalized spacial score (nSPS) is 32.9. The van der Waals surface area contributed by atoms with Gasteiger partial charge in [-0.15, -0.1) is 0 Å². The molecule has 0 radical (unpaired) electrons. The Hall–Kier alpha value is -0.940. The second kappa shape index (κ2) is 2.98. The lowest BCUT2D eigenvalue weighted by molar-refractivity contribution is -0.158. The second-order valence-electron chi connectivity index (χ2n) is 2.27. The van der Waals surface area contributed by atoms with Gasteiger partial charge in [-0.3, -0.25) is 4.79 Å². The van der Waals surface area contributed by atoms with Crippen LogP contribution in [0.2, 0.25) is 0 Å². The van der Waals surface area contributed by atoms with Crippen LogP contribution in [-0.4, -0.2) is 40.8 Å². The third kappa shape index (κ3) is 1.55. The molecule has 1 fully saturated rings. The predicted molar refractivity (Wildman–Crippen MR) is 32.6 cm³/mol. The van der Waals surface area contributed by atoms with Crippen LogP contribution >= 0.6 is 0 Å². The zero-order valence-corrected chi connectivity index (χ0v) is 5.69. The van der Waals surface area contributed by atoms with E-state index in [0.717, 1.165) is 0 Å². The number of aliphatic hydroxyl groups is 2. The fourth-order valence-corrected chi connectivity index (χ4v) is 0.790. The molecule has 1 aliphatic heterocycles. The molecule has 2 atom stereocenters. The third-order valence-corrected chi connectivity index (χ3v) is 1.46. The summed E-state index contributed by atoms with van der Waals surface area (Å²) in [5.41, 5.74) is 0. The Bertz CT molecular complexity index is 167. The van der Waals surface area contributed by atoms with Gasteiger partial charge >= 0.3 is 5.97 Å². The quantitative estimate of drug-likeness (QED) is 0.409. The van der Waals surface area contributed by atoms with Gasteiger partial charge in [-0.1, -0.05) is 0 Å². The van der Waals surface area contributed by atoms with E-state index in [1.54, 1.807) is 0 Å². The van der Waals surface area contributed by atoms with Crippen LogP contribution in [0.3, 0.4) is 0 Å². The van der Waals surface area contributed by atoms with E-state index in [1.807, 2.05) is 0 Å². The first kappa shape index (κ1) is 8.16. The van der Waals surface area contributed by atoms with Crippen LogP contribution in [0, 0.1) is 0 Å². The van der Waals surface area contributed by atoms with E-state index in [4.69, 9.17) is 10.2 Å². The van der Waals surface area contributed by atoms with E-state index in [9.17, 15) is 9.59 Å². The van der Waals surface area contributed by atoms with Crippen molar-refractivity contribution in [3.63, 3.8) is 0 Å². The van der Waals surface area contributed by atoms with Crippen molar-refractivity contribution in [3.05, 3.63) is 0 Å². The molecule has 2 N–H and O–H groups in total. The minimum Gasteiger partial charge on any atom is -0.463 e. The first-order valence-electron chi connectivity index (χ1n) is 3.18. The van der Waals surface area contributed by atoms with Crippen molar-refractivity contribution < 1.29 is 24.5 Å². The summed E-state index contributed by atoms with van der Waals surface area (Å²) in [6, 6.07) is 0. The van der Waals surface area contributed by atoms with E-state index < -0.39 is 24.0 Å². The summed E-state index contributed by atoms with van der Waals surface area (Å²) in [5, 5.41) is 17.7. The summed E-state index contributed by atoms with van der Waals surface area (Å²) in [6.07, 6.45) is -3.38. The summed E-state index contributed by atoms with van der Waals surface area (Å²) in [7, 11) is 0. The van der Waals surface area contributed by atoms with Gasteiger partial charge in [0.05, 0.1) is 6.61 Å². The fourth-order valence-electron chi connectivity index (χ4n) is 0.790.